The molecule has 0 aliphatic heterocycles. The van der Waals surface area contributed by atoms with E-state index in [0.29, 0.717) is 22.8 Å². The number of nitrogens with one attached hydrogen (secondary N) is 1. The van der Waals surface area contributed by atoms with Crippen molar-refractivity contribution in [3.8, 4) is 11.5 Å². The van der Waals surface area contributed by atoms with E-state index in [1.54, 1.807) is 0 Å². The molecule has 2 aromatic heterocycles. The lowest BCUT2D eigenvalue weighted by atomic mass is 10.2. The number of carbonyl (C=O) groups is 1. The molecule has 0 radical (unpaired) electrons. The summed E-state index contributed by atoms with van der Waals surface area (Å²) in [5, 5.41) is 7.68. The van der Waals surface area contributed by atoms with Gasteiger partial charge in [-0.25, -0.2) is 4.68 Å². The predicted octanol–water partition coefficient (Wildman–Crippen LogP) is 5.29. The summed E-state index contributed by atoms with van der Waals surface area (Å²) in [6.45, 7) is 3.89. The normalized spacial score (nSPS) is 10.8. The second kappa shape index (κ2) is 7.48. The molecular formula is C22H19BrN4O. The van der Waals surface area contributed by atoms with E-state index in [2.05, 4.69) is 32.4 Å². The molecule has 4 aromatic rings. The van der Waals surface area contributed by atoms with Gasteiger partial charge in [-0.3, -0.25) is 4.79 Å². The second-order valence-corrected chi connectivity index (χ2v) is 7.41. The Kier molecular flexibility index (Phi) is 4.88. The van der Waals surface area contributed by atoms with Crippen molar-refractivity contribution >= 4 is 27.5 Å². The fraction of sp³-hybridized carbons (Fsp3) is 0.0909. The van der Waals surface area contributed by atoms with E-state index in [0.717, 1.165) is 15.7 Å². The molecule has 140 valence electrons. The molecule has 0 saturated heterocycles. The highest BCUT2D eigenvalue weighted by atomic mass is 79.9. The second-order valence-electron chi connectivity index (χ2n) is 6.56. The highest BCUT2D eigenvalue weighted by Gasteiger charge is 2.24. The Morgan fingerprint density at radius 1 is 1.00 bits per heavy atom. The SMILES string of the molecule is Cc1cccc(-n2nc(C)c(C(=O)Nc3ccccc3Br)c2-n2cccc2)c1. The van der Waals surface area contributed by atoms with E-state index >= 15 is 0 Å². The summed E-state index contributed by atoms with van der Waals surface area (Å²) >= 11 is 3.48. The molecule has 0 saturated carbocycles. The van der Waals surface area contributed by atoms with Crippen LogP contribution in [0.15, 0.2) is 77.5 Å². The maximum atomic E-state index is 13.2. The number of anilines is 1. The molecule has 0 atom stereocenters. The molecule has 4 rings (SSSR count). The molecule has 0 aliphatic rings. The van der Waals surface area contributed by atoms with Crippen molar-refractivity contribution in [1.29, 1.82) is 0 Å². The number of halogens is 1. The first-order valence-electron chi connectivity index (χ1n) is 8.90. The lowest BCUT2D eigenvalue weighted by Gasteiger charge is -2.12. The Morgan fingerprint density at radius 3 is 2.46 bits per heavy atom. The third-order valence-corrected chi connectivity index (χ3v) is 5.17. The number of rotatable bonds is 4. The van der Waals surface area contributed by atoms with Gasteiger partial charge in [0.25, 0.3) is 5.91 Å². The first-order chi connectivity index (χ1) is 13.5. The maximum Gasteiger partial charge on any atom is 0.261 e. The third-order valence-electron chi connectivity index (χ3n) is 4.48. The van der Waals surface area contributed by atoms with Crippen molar-refractivity contribution < 1.29 is 4.79 Å². The quantitative estimate of drug-likeness (QED) is 0.473. The molecule has 0 spiro atoms. The molecule has 2 aromatic carbocycles. The first kappa shape index (κ1) is 18.3. The number of aromatic nitrogens is 3. The van der Waals surface area contributed by atoms with Gasteiger partial charge in [0.05, 0.1) is 17.1 Å². The minimum atomic E-state index is -0.202. The number of aryl methyl sites for hydroxylation is 2. The topological polar surface area (TPSA) is 51.9 Å². The molecule has 28 heavy (non-hydrogen) atoms. The maximum absolute atomic E-state index is 13.2. The van der Waals surface area contributed by atoms with Crippen molar-refractivity contribution in [1.82, 2.24) is 14.3 Å². The zero-order valence-corrected chi connectivity index (χ0v) is 17.1. The summed E-state index contributed by atoms with van der Waals surface area (Å²) in [6.07, 6.45) is 3.83. The summed E-state index contributed by atoms with van der Waals surface area (Å²) in [5.41, 5.74) is 3.95. The zero-order chi connectivity index (χ0) is 19.7. The number of carbonyl (C=O) groups excluding carboxylic acids is 1. The lowest BCUT2D eigenvalue weighted by molar-refractivity contribution is 0.102. The van der Waals surface area contributed by atoms with Crippen LogP contribution in [0, 0.1) is 13.8 Å². The van der Waals surface area contributed by atoms with Crippen LogP contribution in [0.5, 0.6) is 0 Å². The Labute approximate surface area is 171 Å². The van der Waals surface area contributed by atoms with Crippen LogP contribution >= 0.6 is 15.9 Å². The lowest BCUT2D eigenvalue weighted by Crippen LogP contribution is -2.16. The van der Waals surface area contributed by atoms with E-state index in [9.17, 15) is 4.79 Å². The van der Waals surface area contributed by atoms with Gasteiger partial charge < -0.3 is 9.88 Å². The van der Waals surface area contributed by atoms with Crippen LogP contribution in [0.2, 0.25) is 0 Å². The highest BCUT2D eigenvalue weighted by Crippen LogP contribution is 2.26. The number of amides is 1. The van der Waals surface area contributed by atoms with Crippen LogP contribution in [-0.4, -0.2) is 20.3 Å². The van der Waals surface area contributed by atoms with E-state index in [1.165, 1.54) is 0 Å². The predicted molar refractivity (Wildman–Crippen MR) is 114 cm³/mol. The molecule has 0 fully saturated rings. The van der Waals surface area contributed by atoms with Gasteiger partial charge in [-0.15, -0.1) is 0 Å². The van der Waals surface area contributed by atoms with Crippen molar-refractivity contribution in [2.75, 3.05) is 5.32 Å². The summed E-state index contributed by atoms with van der Waals surface area (Å²) in [6, 6.07) is 19.5. The van der Waals surface area contributed by atoms with Gasteiger partial charge in [0.2, 0.25) is 0 Å². The Bertz CT molecular complexity index is 1150. The van der Waals surface area contributed by atoms with Gasteiger partial charge in [0.1, 0.15) is 5.56 Å². The monoisotopic (exact) mass is 434 g/mol. The molecule has 1 N–H and O–H groups in total. The van der Waals surface area contributed by atoms with E-state index in [-0.39, 0.29) is 5.91 Å². The van der Waals surface area contributed by atoms with E-state index in [1.807, 2.05) is 90.1 Å². The third kappa shape index (κ3) is 3.39. The highest BCUT2D eigenvalue weighted by molar-refractivity contribution is 9.10. The number of hydrogen-bond acceptors (Lipinski definition) is 2. The van der Waals surface area contributed by atoms with Gasteiger partial charge in [-0.2, -0.15) is 5.10 Å². The van der Waals surface area contributed by atoms with Crippen LogP contribution in [0.1, 0.15) is 21.6 Å². The largest absolute Gasteiger partial charge is 0.321 e. The fourth-order valence-corrected chi connectivity index (χ4v) is 3.57. The summed E-state index contributed by atoms with van der Waals surface area (Å²) < 4.78 is 4.56. The van der Waals surface area contributed by atoms with Crippen molar-refractivity contribution in [2.24, 2.45) is 0 Å². The number of nitrogens with zero attached hydrogens (tertiary/aromatic N) is 3. The first-order valence-corrected chi connectivity index (χ1v) is 9.70. The average Bonchev–Trinajstić information content (AvgIpc) is 3.31. The smallest absolute Gasteiger partial charge is 0.261 e. The van der Waals surface area contributed by atoms with Crippen LogP contribution in [-0.2, 0) is 0 Å². The molecular weight excluding hydrogens is 416 g/mol. The van der Waals surface area contributed by atoms with Crippen LogP contribution in [0.3, 0.4) is 0 Å². The van der Waals surface area contributed by atoms with Crippen molar-refractivity contribution in [2.45, 2.75) is 13.8 Å². The minimum Gasteiger partial charge on any atom is -0.321 e. The molecule has 5 nitrogen and oxygen atoms in total. The Balaban J connectivity index is 1.86. The average molecular weight is 435 g/mol. The van der Waals surface area contributed by atoms with E-state index in [4.69, 9.17) is 0 Å². The van der Waals surface area contributed by atoms with Crippen LogP contribution in [0.4, 0.5) is 5.69 Å². The van der Waals surface area contributed by atoms with Gasteiger partial charge in [0, 0.05) is 16.9 Å². The summed E-state index contributed by atoms with van der Waals surface area (Å²) in [7, 11) is 0. The standard InChI is InChI=1S/C22H19BrN4O/c1-15-8-7-9-17(14-15)27-22(26-12-5-6-13-26)20(16(2)25-27)21(28)24-19-11-4-3-10-18(19)23/h3-14H,1-2H3,(H,24,28). The van der Waals surface area contributed by atoms with Crippen LogP contribution < -0.4 is 5.32 Å². The Morgan fingerprint density at radius 2 is 1.75 bits per heavy atom. The van der Waals surface area contributed by atoms with Gasteiger partial charge in [-0.1, -0.05) is 24.3 Å². The minimum absolute atomic E-state index is 0.202. The molecule has 6 heteroatoms. The summed E-state index contributed by atoms with van der Waals surface area (Å²) in [4.78, 5) is 13.2. The fourth-order valence-electron chi connectivity index (χ4n) is 3.18. The molecule has 1 amide bonds. The summed E-state index contributed by atoms with van der Waals surface area (Å²) in [5.74, 6) is 0.504. The van der Waals surface area contributed by atoms with Gasteiger partial charge in [-0.05, 0) is 71.7 Å². The van der Waals surface area contributed by atoms with Gasteiger partial charge in [0.15, 0.2) is 5.82 Å². The molecule has 2 heterocycles. The van der Waals surface area contributed by atoms with Crippen LogP contribution in [0.25, 0.3) is 11.5 Å². The zero-order valence-electron chi connectivity index (χ0n) is 15.6. The Hall–Kier alpha value is -3.12. The van der Waals surface area contributed by atoms with E-state index < -0.39 is 0 Å². The number of benzene rings is 2. The number of hydrogen-bond donors (Lipinski definition) is 1. The van der Waals surface area contributed by atoms with Crippen molar-refractivity contribution in [3.63, 3.8) is 0 Å². The number of para-hydroxylation sites is 1. The molecule has 0 bridgehead atoms. The van der Waals surface area contributed by atoms with Crippen molar-refractivity contribution in [3.05, 3.63) is 94.4 Å². The molecule has 0 aliphatic carbocycles. The van der Waals surface area contributed by atoms with Gasteiger partial charge >= 0.3 is 0 Å². The molecule has 0 unspecified atom stereocenters.